The molecule has 128 valence electrons. The second kappa shape index (κ2) is 7.75. The van der Waals surface area contributed by atoms with Crippen molar-refractivity contribution in [1.82, 2.24) is 4.90 Å². The van der Waals surface area contributed by atoms with Crippen LogP contribution in [0.3, 0.4) is 0 Å². The van der Waals surface area contributed by atoms with Crippen LogP contribution in [0.1, 0.15) is 17.2 Å². The highest BCUT2D eigenvalue weighted by molar-refractivity contribution is 5.49. The molecule has 0 aromatic heterocycles. The lowest BCUT2D eigenvalue weighted by molar-refractivity contribution is 0.250. The summed E-state index contributed by atoms with van der Waals surface area (Å²) >= 11 is 0. The minimum absolute atomic E-state index is 0.244. The number of benzene rings is 2. The van der Waals surface area contributed by atoms with E-state index in [0.29, 0.717) is 5.56 Å². The third-order valence-electron chi connectivity index (χ3n) is 4.62. The van der Waals surface area contributed by atoms with Crippen LogP contribution >= 0.6 is 0 Å². The van der Waals surface area contributed by atoms with Crippen LogP contribution in [-0.2, 0) is 6.54 Å². The molecule has 1 unspecified atom stereocenters. The van der Waals surface area contributed by atoms with Crippen LogP contribution in [0.25, 0.3) is 0 Å². The van der Waals surface area contributed by atoms with E-state index in [1.165, 1.54) is 5.56 Å². The average Bonchev–Trinajstić information content (AvgIpc) is 2.62. The summed E-state index contributed by atoms with van der Waals surface area (Å²) in [5, 5.41) is 0. The van der Waals surface area contributed by atoms with Crippen LogP contribution in [0.2, 0.25) is 0 Å². The molecular weight excluding hydrogens is 303 g/mol. The number of piperazine rings is 1. The fourth-order valence-corrected chi connectivity index (χ4v) is 3.15. The molecule has 0 saturated carbocycles. The van der Waals surface area contributed by atoms with Crippen LogP contribution in [0.5, 0.6) is 0 Å². The second-order valence-electron chi connectivity index (χ2n) is 6.30. The fourth-order valence-electron chi connectivity index (χ4n) is 3.15. The van der Waals surface area contributed by atoms with Gasteiger partial charge < -0.3 is 16.4 Å². The summed E-state index contributed by atoms with van der Waals surface area (Å²) in [5.41, 5.74) is 14.1. The van der Waals surface area contributed by atoms with E-state index in [2.05, 4.69) is 34.1 Å². The van der Waals surface area contributed by atoms with E-state index in [9.17, 15) is 4.39 Å². The minimum atomic E-state index is -0.443. The first-order valence-corrected chi connectivity index (χ1v) is 8.43. The predicted octanol–water partition coefficient (Wildman–Crippen LogP) is 2.11. The lowest BCUT2D eigenvalue weighted by Crippen LogP contribution is -2.46. The van der Waals surface area contributed by atoms with E-state index in [-0.39, 0.29) is 12.4 Å². The highest BCUT2D eigenvalue weighted by atomic mass is 19.1. The van der Waals surface area contributed by atoms with Crippen molar-refractivity contribution in [3.63, 3.8) is 0 Å². The largest absolute Gasteiger partial charge is 0.369 e. The van der Waals surface area contributed by atoms with Crippen molar-refractivity contribution >= 4 is 5.69 Å². The van der Waals surface area contributed by atoms with Gasteiger partial charge in [-0.15, -0.1) is 0 Å². The maximum Gasteiger partial charge on any atom is 0.130 e. The van der Waals surface area contributed by atoms with Gasteiger partial charge >= 0.3 is 0 Å². The fraction of sp³-hybridized carbons (Fsp3) is 0.368. The molecule has 1 aliphatic rings. The zero-order valence-electron chi connectivity index (χ0n) is 13.9. The number of hydrogen-bond acceptors (Lipinski definition) is 4. The number of nitrogens with zero attached hydrogens (tertiary/aromatic N) is 2. The Morgan fingerprint density at radius 2 is 1.71 bits per heavy atom. The normalized spacial score (nSPS) is 17.0. The van der Waals surface area contributed by atoms with Gasteiger partial charge in [-0.05, 0) is 17.7 Å². The summed E-state index contributed by atoms with van der Waals surface area (Å²) in [6.07, 6.45) is 0. The quantitative estimate of drug-likeness (QED) is 0.882. The number of halogens is 1. The molecule has 0 aliphatic carbocycles. The lowest BCUT2D eigenvalue weighted by atomic mass is 10.1. The van der Waals surface area contributed by atoms with Crippen molar-refractivity contribution in [1.29, 1.82) is 0 Å². The Morgan fingerprint density at radius 3 is 2.33 bits per heavy atom. The minimum Gasteiger partial charge on any atom is -0.369 e. The molecule has 2 aromatic carbocycles. The Hall–Kier alpha value is -1.95. The third kappa shape index (κ3) is 3.93. The summed E-state index contributed by atoms with van der Waals surface area (Å²) < 4.78 is 14.2. The Morgan fingerprint density at radius 1 is 1.00 bits per heavy atom. The van der Waals surface area contributed by atoms with Gasteiger partial charge in [0.15, 0.2) is 0 Å². The molecule has 1 aliphatic heterocycles. The summed E-state index contributed by atoms with van der Waals surface area (Å²) in [5.74, 6) is -0.267. The molecule has 1 atom stereocenters. The van der Waals surface area contributed by atoms with Crippen LogP contribution in [0.4, 0.5) is 10.1 Å². The van der Waals surface area contributed by atoms with Crippen LogP contribution < -0.4 is 16.4 Å². The average molecular weight is 328 g/mol. The molecule has 24 heavy (non-hydrogen) atoms. The Kier molecular flexibility index (Phi) is 5.45. The van der Waals surface area contributed by atoms with Crippen molar-refractivity contribution in [2.75, 3.05) is 37.6 Å². The van der Waals surface area contributed by atoms with Crippen LogP contribution in [0, 0.1) is 5.82 Å². The van der Waals surface area contributed by atoms with Crippen molar-refractivity contribution in [3.05, 3.63) is 65.5 Å². The Bertz CT molecular complexity index is 654. The van der Waals surface area contributed by atoms with Gasteiger partial charge in [0.2, 0.25) is 0 Å². The zero-order chi connectivity index (χ0) is 16.9. The SMILES string of the molecule is NCC(N)c1ccc(N2CCN(Cc3ccccc3)CC2)cc1F. The molecule has 4 N–H and O–H groups in total. The van der Waals surface area contributed by atoms with Crippen molar-refractivity contribution in [2.45, 2.75) is 12.6 Å². The Labute approximate surface area is 142 Å². The first-order valence-electron chi connectivity index (χ1n) is 8.43. The van der Waals surface area contributed by atoms with Crippen LogP contribution in [0.15, 0.2) is 48.5 Å². The molecular formula is C19H25FN4. The van der Waals surface area contributed by atoms with Gasteiger partial charge in [-0.25, -0.2) is 4.39 Å². The van der Waals surface area contributed by atoms with Gasteiger partial charge in [0.05, 0.1) is 0 Å². The van der Waals surface area contributed by atoms with Gasteiger partial charge in [0.25, 0.3) is 0 Å². The van der Waals surface area contributed by atoms with E-state index in [1.54, 1.807) is 12.1 Å². The molecule has 1 fully saturated rings. The van der Waals surface area contributed by atoms with E-state index < -0.39 is 6.04 Å². The van der Waals surface area contributed by atoms with E-state index in [1.807, 2.05) is 12.1 Å². The Balaban J connectivity index is 1.59. The van der Waals surface area contributed by atoms with Crippen LogP contribution in [-0.4, -0.2) is 37.6 Å². The monoisotopic (exact) mass is 328 g/mol. The maximum absolute atomic E-state index is 14.2. The molecule has 5 heteroatoms. The van der Waals surface area contributed by atoms with Gasteiger partial charge in [0.1, 0.15) is 5.82 Å². The second-order valence-corrected chi connectivity index (χ2v) is 6.30. The molecule has 0 spiro atoms. The van der Waals surface area contributed by atoms with Gasteiger partial charge in [-0.3, -0.25) is 4.90 Å². The first-order chi connectivity index (χ1) is 11.7. The van der Waals surface area contributed by atoms with Gasteiger partial charge in [-0.1, -0.05) is 36.4 Å². The summed E-state index contributed by atoms with van der Waals surface area (Å²) in [6.45, 7) is 4.95. The lowest BCUT2D eigenvalue weighted by Gasteiger charge is -2.36. The molecule has 4 nitrogen and oxygen atoms in total. The maximum atomic E-state index is 14.2. The predicted molar refractivity (Wildman–Crippen MR) is 96.3 cm³/mol. The molecule has 2 aromatic rings. The van der Waals surface area contributed by atoms with Gasteiger partial charge in [0, 0.05) is 56.6 Å². The zero-order valence-corrected chi connectivity index (χ0v) is 13.9. The van der Waals surface area contributed by atoms with E-state index in [0.717, 1.165) is 38.4 Å². The molecule has 0 amide bonds. The highest BCUT2D eigenvalue weighted by Gasteiger charge is 2.19. The number of anilines is 1. The van der Waals surface area contributed by atoms with E-state index >= 15 is 0 Å². The summed E-state index contributed by atoms with van der Waals surface area (Å²) in [7, 11) is 0. The topological polar surface area (TPSA) is 58.5 Å². The van der Waals surface area contributed by atoms with E-state index in [4.69, 9.17) is 11.5 Å². The van der Waals surface area contributed by atoms with Crippen molar-refractivity contribution in [2.24, 2.45) is 11.5 Å². The first kappa shape index (κ1) is 16.9. The summed E-state index contributed by atoms with van der Waals surface area (Å²) in [6, 6.07) is 15.3. The molecule has 1 heterocycles. The molecule has 0 radical (unpaired) electrons. The number of nitrogens with two attached hydrogens (primary N) is 2. The van der Waals surface area contributed by atoms with Crippen molar-refractivity contribution in [3.8, 4) is 0 Å². The molecule has 3 rings (SSSR count). The smallest absolute Gasteiger partial charge is 0.130 e. The third-order valence-corrected chi connectivity index (χ3v) is 4.62. The van der Waals surface area contributed by atoms with Crippen molar-refractivity contribution < 1.29 is 4.39 Å². The number of rotatable bonds is 5. The molecule has 1 saturated heterocycles. The number of hydrogen-bond donors (Lipinski definition) is 2. The highest BCUT2D eigenvalue weighted by Crippen LogP contribution is 2.23. The van der Waals surface area contributed by atoms with Gasteiger partial charge in [-0.2, -0.15) is 0 Å². The standard InChI is InChI=1S/C19H25FN4/c20-18-12-16(6-7-17(18)19(22)13-21)24-10-8-23(9-11-24)14-15-4-2-1-3-5-15/h1-7,12,19H,8-11,13-14,21-22H2. The molecule has 0 bridgehead atoms. The summed E-state index contributed by atoms with van der Waals surface area (Å²) in [4.78, 5) is 4.66.